The van der Waals surface area contributed by atoms with Crippen molar-refractivity contribution in [3.63, 3.8) is 0 Å². The SMILES string of the molecule is CC(C)C[C@H](NC(=O)[C@@H](N)Cc1cnc[nH]1)C(=O)O.O=C(O)CNC(=O)c1ccccc1. The van der Waals surface area contributed by atoms with Crippen LogP contribution in [0.15, 0.2) is 42.9 Å². The number of carbonyl (C=O) groups is 4. The van der Waals surface area contributed by atoms with Crippen molar-refractivity contribution >= 4 is 23.8 Å². The van der Waals surface area contributed by atoms with Gasteiger partial charge in [-0.25, -0.2) is 9.78 Å². The van der Waals surface area contributed by atoms with Crippen LogP contribution in [-0.4, -0.2) is 62.6 Å². The van der Waals surface area contributed by atoms with Crippen LogP contribution in [0.3, 0.4) is 0 Å². The van der Waals surface area contributed by atoms with Gasteiger partial charge in [-0.2, -0.15) is 0 Å². The van der Waals surface area contributed by atoms with Gasteiger partial charge in [0.2, 0.25) is 5.91 Å². The fourth-order valence-electron chi connectivity index (χ4n) is 2.55. The lowest BCUT2D eigenvalue weighted by atomic mass is 10.0. The zero-order valence-electron chi connectivity index (χ0n) is 17.9. The van der Waals surface area contributed by atoms with Crippen LogP contribution in [-0.2, 0) is 20.8 Å². The van der Waals surface area contributed by atoms with Crippen LogP contribution in [0.4, 0.5) is 0 Å². The summed E-state index contributed by atoms with van der Waals surface area (Å²) in [6.45, 7) is 3.44. The van der Waals surface area contributed by atoms with Gasteiger partial charge in [-0.15, -0.1) is 0 Å². The molecule has 0 fully saturated rings. The molecule has 0 radical (unpaired) electrons. The number of amides is 2. The summed E-state index contributed by atoms with van der Waals surface area (Å²) in [5, 5.41) is 22.1. The van der Waals surface area contributed by atoms with E-state index in [1.54, 1.807) is 36.5 Å². The van der Waals surface area contributed by atoms with Crippen LogP contribution in [0, 0.1) is 5.92 Å². The zero-order chi connectivity index (χ0) is 24.1. The molecule has 0 aliphatic rings. The first kappa shape index (κ1) is 26.3. The van der Waals surface area contributed by atoms with Crippen molar-refractivity contribution in [1.82, 2.24) is 20.6 Å². The second kappa shape index (κ2) is 13.5. The normalized spacial score (nSPS) is 12.1. The number of carboxylic acids is 2. The molecule has 2 amide bonds. The van der Waals surface area contributed by atoms with E-state index in [-0.39, 0.29) is 18.4 Å². The number of imidazole rings is 1. The van der Waals surface area contributed by atoms with E-state index < -0.39 is 29.9 Å². The number of carbonyl (C=O) groups excluding carboxylic acids is 2. The first-order valence-electron chi connectivity index (χ1n) is 9.91. The summed E-state index contributed by atoms with van der Waals surface area (Å²) in [6.07, 6.45) is 3.74. The van der Waals surface area contributed by atoms with Gasteiger partial charge in [0.15, 0.2) is 0 Å². The van der Waals surface area contributed by atoms with Gasteiger partial charge in [0, 0.05) is 23.9 Å². The summed E-state index contributed by atoms with van der Waals surface area (Å²) in [7, 11) is 0. The Labute approximate surface area is 185 Å². The van der Waals surface area contributed by atoms with E-state index in [1.165, 1.54) is 6.33 Å². The van der Waals surface area contributed by atoms with Crippen LogP contribution in [0.1, 0.15) is 36.3 Å². The van der Waals surface area contributed by atoms with Crippen molar-refractivity contribution in [3.8, 4) is 0 Å². The van der Waals surface area contributed by atoms with Crippen molar-refractivity contribution in [3.05, 3.63) is 54.1 Å². The number of benzene rings is 1. The third-order valence-electron chi connectivity index (χ3n) is 4.09. The number of carboxylic acid groups (broad SMARTS) is 2. The molecule has 0 bridgehead atoms. The number of nitrogens with one attached hydrogen (secondary N) is 3. The predicted molar refractivity (Wildman–Crippen MR) is 116 cm³/mol. The summed E-state index contributed by atoms with van der Waals surface area (Å²) in [6, 6.07) is 6.77. The average molecular weight is 447 g/mol. The molecule has 11 nitrogen and oxygen atoms in total. The smallest absolute Gasteiger partial charge is 0.326 e. The van der Waals surface area contributed by atoms with Gasteiger partial charge in [0.25, 0.3) is 5.91 Å². The van der Waals surface area contributed by atoms with E-state index in [0.717, 1.165) is 5.69 Å². The molecule has 2 atom stereocenters. The lowest BCUT2D eigenvalue weighted by Crippen LogP contribution is -2.49. The summed E-state index contributed by atoms with van der Waals surface area (Å²) in [4.78, 5) is 50.8. The first-order valence-corrected chi connectivity index (χ1v) is 9.91. The van der Waals surface area contributed by atoms with Gasteiger partial charge in [-0.1, -0.05) is 32.0 Å². The molecule has 0 aliphatic carbocycles. The van der Waals surface area contributed by atoms with Crippen LogP contribution < -0.4 is 16.4 Å². The highest BCUT2D eigenvalue weighted by Crippen LogP contribution is 2.06. The Balaban J connectivity index is 0.000000343. The van der Waals surface area contributed by atoms with Crippen molar-refractivity contribution in [2.45, 2.75) is 38.8 Å². The number of H-pyrrole nitrogens is 1. The van der Waals surface area contributed by atoms with Crippen molar-refractivity contribution in [2.24, 2.45) is 11.7 Å². The highest BCUT2D eigenvalue weighted by atomic mass is 16.4. The molecule has 32 heavy (non-hydrogen) atoms. The number of nitrogens with zero attached hydrogens (tertiary/aromatic N) is 1. The summed E-state index contributed by atoms with van der Waals surface area (Å²) >= 11 is 0. The van der Waals surface area contributed by atoms with Crippen molar-refractivity contribution in [2.75, 3.05) is 6.54 Å². The van der Waals surface area contributed by atoms with Crippen molar-refractivity contribution < 1.29 is 29.4 Å². The number of hydrogen-bond acceptors (Lipinski definition) is 6. The number of hydrogen-bond donors (Lipinski definition) is 6. The fourth-order valence-corrected chi connectivity index (χ4v) is 2.55. The molecule has 7 N–H and O–H groups in total. The van der Waals surface area contributed by atoms with Crippen LogP contribution in [0.5, 0.6) is 0 Å². The predicted octanol–water partition coefficient (Wildman–Crippen LogP) is 0.396. The van der Waals surface area contributed by atoms with Gasteiger partial charge in [-0.05, 0) is 24.5 Å². The van der Waals surface area contributed by atoms with E-state index in [4.69, 9.17) is 15.9 Å². The Morgan fingerprint density at radius 3 is 2.28 bits per heavy atom. The van der Waals surface area contributed by atoms with Gasteiger partial charge in [-0.3, -0.25) is 14.4 Å². The Hall–Kier alpha value is -3.73. The Kier molecular flexibility index (Phi) is 11.1. The average Bonchev–Trinajstić information content (AvgIpc) is 3.25. The van der Waals surface area contributed by atoms with E-state index >= 15 is 0 Å². The molecular formula is C21H29N5O6. The highest BCUT2D eigenvalue weighted by molar-refractivity contribution is 5.95. The van der Waals surface area contributed by atoms with Gasteiger partial charge >= 0.3 is 11.9 Å². The molecule has 1 aromatic heterocycles. The van der Waals surface area contributed by atoms with Crippen LogP contribution >= 0.6 is 0 Å². The first-order chi connectivity index (χ1) is 15.1. The van der Waals surface area contributed by atoms with Crippen LogP contribution in [0.25, 0.3) is 0 Å². The number of rotatable bonds is 10. The summed E-state index contributed by atoms with van der Waals surface area (Å²) in [5.41, 5.74) is 6.93. The molecule has 0 aliphatic heterocycles. The molecular weight excluding hydrogens is 418 g/mol. The maximum absolute atomic E-state index is 11.8. The Bertz CT molecular complexity index is 870. The highest BCUT2D eigenvalue weighted by Gasteiger charge is 2.24. The van der Waals surface area contributed by atoms with Crippen LogP contribution in [0.2, 0.25) is 0 Å². The molecule has 2 aromatic rings. The lowest BCUT2D eigenvalue weighted by Gasteiger charge is -2.19. The Morgan fingerprint density at radius 2 is 1.78 bits per heavy atom. The van der Waals surface area contributed by atoms with Gasteiger partial charge in [0.1, 0.15) is 12.6 Å². The van der Waals surface area contributed by atoms with Gasteiger partial charge < -0.3 is 31.6 Å². The minimum absolute atomic E-state index is 0.172. The quantitative estimate of drug-likeness (QED) is 0.302. The number of aromatic nitrogens is 2. The molecule has 11 heteroatoms. The molecule has 0 saturated carbocycles. The minimum Gasteiger partial charge on any atom is -0.480 e. The molecule has 1 aromatic carbocycles. The lowest BCUT2D eigenvalue weighted by molar-refractivity contribution is -0.142. The maximum atomic E-state index is 11.8. The largest absolute Gasteiger partial charge is 0.480 e. The molecule has 0 saturated heterocycles. The summed E-state index contributed by atoms with van der Waals surface area (Å²) < 4.78 is 0. The number of aliphatic carboxylic acids is 2. The molecule has 0 spiro atoms. The third kappa shape index (κ3) is 10.3. The summed E-state index contributed by atoms with van der Waals surface area (Å²) in [5.74, 6) is -2.77. The van der Waals surface area contributed by atoms with E-state index in [2.05, 4.69) is 20.6 Å². The monoisotopic (exact) mass is 447 g/mol. The standard InChI is InChI=1S/C12H20N4O3.C9H9NO3/c1-7(2)3-10(12(18)19)16-11(17)9(13)4-8-5-14-6-15-8;11-8(12)6-10-9(13)7-4-2-1-3-5-7/h5-7,9-10H,3-4,13H2,1-2H3,(H,14,15)(H,16,17)(H,18,19);1-5H,6H2,(H,10,13)(H,11,12)/t9-,10-;/m0./s1. The second-order valence-electron chi connectivity index (χ2n) is 7.36. The molecule has 174 valence electrons. The Morgan fingerprint density at radius 1 is 1.12 bits per heavy atom. The molecule has 0 unspecified atom stereocenters. The van der Waals surface area contributed by atoms with E-state index in [1.807, 2.05) is 13.8 Å². The van der Waals surface area contributed by atoms with E-state index in [0.29, 0.717) is 18.4 Å². The van der Waals surface area contributed by atoms with Gasteiger partial charge in [0.05, 0.1) is 12.4 Å². The number of nitrogens with two attached hydrogens (primary N) is 1. The second-order valence-corrected chi connectivity index (χ2v) is 7.36. The minimum atomic E-state index is -1.05. The van der Waals surface area contributed by atoms with E-state index in [9.17, 15) is 19.2 Å². The number of aromatic amines is 1. The maximum Gasteiger partial charge on any atom is 0.326 e. The molecule has 1 heterocycles. The zero-order valence-corrected chi connectivity index (χ0v) is 17.9. The molecule has 2 rings (SSSR count). The third-order valence-corrected chi connectivity index (χ3v) is 4.09. The topological polar surface area (TPSA) is 188 Å². The van der Waals surface area contributed by atoms with Crippen molar-refractivity contribution in [1.29, 1.82) is 0 Å². The fraction of sp³-hybridized carbons (Fsp3) is 0.381.